The molecule has 0 bridgehead atoms. The van der Waals surface area contributed by atoms with Crippen LogP contribution in [0, 0.1) is 0 Å². The van der Waals surface area contributed by atoms with E-state index in [4.69, 9.17) is 0 Å². The Labute approximate surface area is 110 Å². The molecule has 0 saturated carbocycles. The van der Waals surface area contributed by atoms with Gasteiger partial charge in [0.25, 0.3) is 5.91 Å². The lowest BCUT2D eigenvalue weighted by molar-refractivity contribution is 0.0958. The van der Waals surface area contributed by atoms with Gasteiger partial charge in [0.05, 0.1) is 0 Å². The first kappa shape index (κ1) is 14.6. The van der Waals surface area contributed by atoms with E-state index >= 15 is 0 Å². The van der Waals surface area contributed by atoms with Crippen LogP contribution in [0.5, 0.6) is 0 Å². The fourth-order valence-corrected chi connectivity index (χ4v) is 2.16. The summed E-state index contributed by atoms with van der Waals surface area (Å²) in [7, 11) is 0.799. The van der Waals surface area contributed by atoms with Crippen LogP contribution in [0.2, 0.25) is 0 Å². The predicted octanol–water partition coefficient (Wildman–Crippen LogP) is 1.01. The fraction of sp³-hybridized carbons (Fsp3) is 0.500. The fourth-order valence-electron chi connectivity index (χ4n) is 1.47. The zero-order valence-corrected chi connectivity index (χ0v) is 11.7. The molecule has 0 fully saturated rings. The monoisotopic (exact) mass is 269 g/mol. The Balaban J connectivity index is 2.61. The van der Waals surface area contributed by atoms with E-state index in [0.29, 0.717) is 11.4 Å². The van der Waals surface area contributed by atoms with Gasteiger partial charge in [-0.15, -0.1) is 0 Å². The molecule has 0 radical (unpaired) electrons. The third-order valence-electron chi connectivity index (χ3n) is 2.47. The number of hydrogen-bond donors (Lipinski definition) is 2. The van der Waals surface area contributed by atoms with Crippen LogP contribution in [0.15, 0.2) is 18.3 Å². The molecule has 1 aromatic heterocycles. The van der Waals surface area contributed by atoms with Crippen LogP contribution in [0.1, 0.15) is 23.8 Å². The van der Waals surface area contributed by atoms with E-state index in [1.165, 1.54) is 0 Å². The van der Waals surface area contributed by atoms with Crippen molar-refractivity contribution >= 4 is 22.4 Å². The highest BCUT2D eigenvalue weighted by molar-refractivity contribution is 7.84. The summed E-state index contributed by atoms with van der Waals surface area (Å²) in [5.74, 6) is 0.461. The lowest BCUT2D eigenvalue weighted by Crippen LogP contribution is -2.21. The molecule has 1 rings (SSSR count). The summed E-state index contributed by atoms with van der Waals surface area (Å²) in [5, 5.41) is 5.79. The quantitative estimate of drug-likeness (QED) is 0.808. The molecule has 0 aliphatic rings. The van der Waals surface area contributed by atoms with E-state index < -0.39 is 10.8 Å². The van der Waals surface area contributed by atoms with Crippen LogP contribution < -0.4 is 10.6 Å². The Morgan fingerprint density at radius 3 is 2.89 bits per heavy atom. The third kappa shape index (κ3) is 4.83. The molecule has 2 unspecified atom stereocenters. The number of aromatic nitrogens is 1. The van der Waals surface area contributed by atoms with E-state index in [1.54, 1.807) is 25.6 Å². The van der Waals surface area contributed by atoms with Gasteiger partial charge in [0.15, 0.2) is 0 Å². The number of carbonyl (C=O) groups is 1. The molecule has 100 valence electrons. The van der Waals surface area contributed by atoms with Crippen molar-refractivity contribution in [3.63, 3.8) is 0 Å². The molecule has 1 aromatic rings. The predicted molar refractivity (Wildman–Crippen MR) is 74.3 cm³/mol. The minimum absolute atomic E-state index is 0.203. The molecular weight excluding hydrogens is 250 g/mol. The summed E-state index contributed by atoms with van der Waals surface area (Å²) in [6.07, 6.45) is 4.11. The molecule has 2 N–H and O–H groups in total. The summed E-state index contributed by atoms with van der Waals surface area (Å²) in [5.41, 5.74) is 1.23. The standard InChI is InChI=1S/C12H19N3O2S/c1-9(5-7-18(3)17)15-10-4-6-14-11(8-10)12(16)13-2/h4,6,8-9H,5,7H2,1-3H3,(H,13,16)(H,14,15). The normalized spacial score (nSPS) is 13.7. The Bertz CT molecular complexity index is 437. The highest BCUT2D eigenvalue weighted by Crippen LogP contribution is 2.10. The van der Waals surface area contributed by atoms with Gasteiger partial charge in [-0.1, -0.05) is 0 Å². The number of amides is 1. The smallest absolute Gasteiger partial charge is 0.269 e. The number of hydrogen-bond acceptors (Lipinski definition) is 4. The van der Waals surface area contributed by atoms with Gasteiger partial charge < -0.3 is 10.6 Å². The summed E-state index contributed by atoms with van der Waals surface area (Å²) in [4.78, 5) is 15.4. The number of carbonyl (C=O) groups excluding carboxylic acids is 1. The molecule has 1 amide bonds. The highest BCUT2D eigenvalue weighted by atomic mass is 32.2. The molecule has 0 aromatic carbocycles. The Morgan fingerprint density at radius 2 is 2.28 bits per heavy atom. The lowest BCUT2D eigenvalue weighted by Gasteiger charge is -2.14. The van der Waals surface area contributed by atoms with Gasteiger partial charge >= 0.3 is 0 Å². The van der Waals surface area contributed by atoms with Crippen molar-refractivity contribution in [2.75, 3.05) is 24.4 Å². The van der Waals surface area contributed by atoms with Gasteiger partial charge in [-0.3, -0.25) is 14.0 Å². The maximum atomic E-state index is 11.4. The second-order valence-electron chi connectivity index (χ2n) is 4.12. The minimum Gasteiger partial charge on any atom is -0.382 e. The van der Waals surface area contributed by atoms with E-state index in [-0.39, 0.29) is 11.9 Å². The third-order valence-corrected chi connectivity index (χ3v) is 3.28. The van der Waals surface area contributed by atoms with Crippen molar-refractivity contribution in [1.82, 2.24) is 10.3 Å². The molecule has 0 aliphatic carbocycles. The topological polar surface area (TPSA) is 71.1 Å². The van der Waals surface area contributed by atoms with Gasteiger partial charge in [0, 0.05) is 47.8 Å². The molecule has 0 aliphatic heterocycles. The van der Waals surface area contributed by atoms with E-state index in [1.807, 2.05) is 13.0 Å². The molecule has 0 saturated heterocycles. The summed E-state index contributed by atoms with van der Waals surface area (Å²) in [6.45, 7) is 2.02. The van der Waals surface area contributed by atoms with Crippen molar-refractivity contribution in [2.45, 2.75) is 19.4 Å². The maximum Gasteiger partial charge on any atom is 0.269 e. The summed E-state index contributed by atoms with van der Waals surface area (Å²) in [6, 6.07) is 3.72. The van der Waals surface area contributed by atoms with Crippen LogP contribution in [0.25, 0.3) is 0 Å². The Morgan fingerprint density at radius 1 is 1.56 bits per heavy atom. The Kier molecular flexibility index (Phi) is 5.77. The second kappa shape index (κ2) is 7.10. The van der Waals surface area contributed by atoms with Crippen LogP contribution in [0.3, 0.4) is 0 Å². The molecule has 18 heavy (non-hydrogen) atoms. The van der Waals surface area contributed by atoms with Gasteiger partial charge in [-0.2, -0.15) is 0 Å². The first-order chi connectivity index (χ1) is 8.52. The number of anilines is 1. The van der Waals surface area contributed by atoms with Crippen molar-refractivity contribution < 1.29 is 9.00 Å². The summed E-state index contributed by atoms with van der Waals surface area (Å²) < 4.78 is 11.0. The highest BCUT2D eigenvalue weighted by Gasteiger charge is 2.07. The van der Waals surface area contributed by atoms with Crippen molar-refractivity contribution in [3.8, 4) is 0 Å². The van der Waals surface area contributed by atoms with Crippen molar-refractivity contribution in [1.29, 1.82) is 0 Å². The summed E-state index contributed by atoms with van der Waals surface area (Å²) >= 11 is 0. The van der Waals surface area contributed by atoms with Crippen LogP contribution in [-0.2, 0) is 10.8 Å². The maximum absolute atomic E-state index is 11.4. The number of rotatable bonds is 6. The number of nitrogens with zero attached hydrogens (tertiary/aromatic N) is 1. The molecular formula is C12H19N3O2S. The van der Waals surface area contributed by atoms with Gasteiger partial charge in [0.1, 0.15) is 5.69 Å². The lowest BCUT2D eigenvalue weighted by atomic mass is 10.2. The van der Waals surface area contributed by atoms with Crippen LogP contribution >= 0.6 is 0 Å². The minimum atomic E-state index is -0.774. The van der Waals surface area contributed by atoms with Crippen LogP contribution in [-0.4, -0.2) is 40.2 Å². The second-order valence-corrected chi connectivity index (χ2v) is 5.67. The van der Waals surface area contributed by atoms with Gasteiger partial charge in [0.2, 0.25) is 0 Å². The van der Waals surface area contributed by atoms with Gasteiger partial charge in [-0.05, 0) is 25.5 Å². The zero-order valence-electron chi connectivity index (χ0n) is 10.9. The van der Waals surface area contributed by atoms with Gasteiger partial charge in [-0.25, -0.2) is 0 Å². The van der Waals surface area contributed by atoms with E-state index in [0.717, 1.165) is 12.1 Å². The van der Waals surface area contributed by atoms with Crippen molar-refractivity contribution in [2.24, 2.45) is 0 Å². The largest absolute Gasteiger partial charge is 0.382 e. The molecule has 1 heterocycles. The zero-order chi connectivity index (χ0) is 13.5. The first-order valence-corrected chi connectivity index (χ1v) is 7.50. The number of nitrogens with one attached hydrogen (secondary N) is 2. The SMILES string of the molecule is CNC(=O)c1cc(NC(C)CCS(C)=O)ccn1. The van der Waals surface area contributed by atoms with Crippen molar-refractivity contribution in [3.05, 3.63) is 24.0 Å². The van der Waals surface area contributed by atoms with Crippen LogP contribution in [0.4, 0.5) is 5.69 Å². The average Bonchev–Trinajstić information content (AvgIpc) is 2.35. The molecule has 5 nitrogen and oxygen atoms in total. The Hall–Kier alpha value is -1.43. The molecule has 2 atom stereocenters. The average molecular weight is 269 g/mol. The molecule has 0 spiro atoms. The van der Waals surface area contributed by atoms with E-state index in [9.17, 15) is 9.00 Å². The molecule has 6 heteroatoms. The van der Waals surface area contributed by atoms with E-state index in [2.05, 4.69) is 15.6 Å². The number of pyridine rings is 1. The first-order valence-electron chi connectivity index (χ1n) is 5.77.